The topological polar surface area (TPSA) is 68.2 Å². The molecule has 20 heavy (non-hydrogen) atoms. The summed E-state index contributed by atoms with van der Waals surface area (Å²) in [7, 11) is 0. The van der Waals surface area contributed by atoms with Gasteiger partial charge >= 0.3 is 0 Å². The van der Waals surface area contributed by atoms with E-state index in [2.05, 4.69) is 6.92 Å². The number of fused-ring (bicyclic) bond motifs is 3. The Labute approximate surface area is 120 Å². The highest BCUT2D eigenvalue weighted by Gasteiger charge is 2.61. The summed E-state index contributed by atoms with van der Waals surface area (Å²) >= 11 is 0. The summed E-state index contributed by atoms with van der Waals surface area (Å²) in [6.07, 6.45) is 2.51. The molecule has 0 aromatic heterocycles. The molecule has 6 atom stereocenters. The standard InChI is InChI=1S/C15H26O5/c1-9-4-5-12(10(2)13(16)17)15-8-18-14(3,19-20-15)7-6-11(9)15/h9-13,16-17H,4-8H2,1-3H3/t9-,10-,11+,12+,14+,15?/m1/s1. The lowest BCUT2D eigenvalue weighted by atomic mass is 9.60. The van der Waals surface area contributed by atoms with Crippen molar-refractivity contribution in [1.29, 1.82) is 0 Å². The summed E-state index contributed by atoms with van der Waals surface area (Å²) in [5.74, 6) is 0.0493. The van der Waals surface area contributed by atoms with Crippen LogP contribution in [0.4, 0.5) is 0 Å². The monoisotopic (exact) mass is 286 g/mol. The van der Waals surface area contributed by atoms with Gasteiger partial charge < -0.3 is 14.9 Å². The average Bonchev–Trinajstić information content (AvgIpc) is 2.65. The van der Waals surface area contributed by atoms with Crippen molar-refractivity contribution in [1.82, 2.24) is 0 Å². The van der Waals surface area contributed by atoms with E-state index in [4.69, 9.17) is 14.5 Å². The van der Waals surface area contributed by atoms with Crippen LogP contribution in [-0.2, 0) is 14.5 Å². The van der Waals surface area contributed by atoms with E-state index >= 15 is 0 Å². The van der Waals surface area contributed by atoms with Gasteiger partial charge in [-0.25, -0.2) is 9.78 Å². The van der Waals surface area contributed by atoms with Gasteiger partial charge in [0.1, 0.15) is 5.60 Å². The van der Waals surface area contributed by atoms with E-state index in [1.165, 1.54) is 0 Å². The van der Waals surface area contributed by atoms with Crippen molar-refractivity contribution in [3.63, 3.8) is 0 Å². The molecule has 3 aliphatic heterocycles. The number of aliphatic hydroxyl groups excluding tert-OH is 1. The molecular weight excluding hydrogens is 260 g/mol. The highest BCUT2D eigenvalue weighted by molar-refractivity contribution is 5.04. The summed E-state index contributed by atoms with van der Waals surface area (Å²) in [5, 5.41) is 19.2. The van der Waals surface area contributed by atoms with Crippen molar-refractivity contribution in [2.45, 2.75) is 64.1 Å². The maximum Gasteiger partial charge on any atom is 0.198 e. The minimum Gasteiger partial charge on any atom is -0.368 e. The van der Waals surface area contributed by atoms with Crippen LogP contribution in [-0.4, -0.2) is 34.5 Å². The summed E-state index contributed by atoms with van der Waals surface area (Å²) in [4.78, 5) is 11.5. The molecular formula is C15H26O5. The summed E-state index contributed by atoms with van der Waals surface area (Å²) in [5.41, 5.74) is -0.531. The fraction of sp³-hybridized carbons (Fsp3) is 1.00. The Bertz CT molecular complexity index is 361. The molecule has 2 N–H and O–H groups in total. The van der Waals surface area contributed by atoms with Gasteiger partial charge in [-0.05, 0) is 38.0 Å². The lowest BCUT2D eigenvalue weighted by Gasteiger charge is -2.53. The van der Waals surface area contributed by atoms with Crippen LogP contribution in [0.15, 0.2) is 0 Å². The van der Waals surface area contributed by atoms with Crippen molar-refractivity contribution in [3.8, 4) is 0 Å². The third-order valence-corrected chi connectivity index (χ3v) is 5.87. The number of ether oxygens (including phenoxy) is 1. The van der Waals surface area contributed by atoms with Crippen LogP contribution in [0.5, 0.6) is 0 Å². The second kappa shape index (κ2) is 4.92. The van der Waals surface area contributed by atoms with Crippen molar-refractivity contribution in [3.05, 3.63) is 0 Å². The summed E-state index contributed by atoms with van der Waals surface area (Å²) < 4.78 is 5.95. The molecule has 5 nitrogen and oxygen atoms in total. The zero-order valence-corrected chi connectivity index (χ0v) is 12.5. The molecule has 1 aliphatic carbocycles. The van der Waals surface area contributed by atoms with Gasteiger partial charge in [-0.3, -0.25) is 0 Å². The van der Waals surface area contributed by atoms with Crippen LogP contribution in [0.1, 0.15) is 46.5 Å². The molecule has 4 fully saturated rings. The average molecular weight is 286 g/mol. The van der Waals surface area contributed by atoms with Gasteiger partial charge in [0.25, 0.3) is 0 Å². The van der Waals surface area contributed by atoms with Crippen LogP contribution in [0.25, 0.3) is 0 Å². The molecule has 1 unspecified atom stereocenters. The van der Waals surface area contributed by atoms with Crippen molar-refractivity contribution in [2.24, 2.45) is 23.7 Å². The predicted molar refractivity (Wildman–Crippen MR) is 71.3 cm³/mol. The molecule has 0 amide bonds. The highest BCUT2D eigenvalue weighted by Crippen LogP contribution is 2.55. The minimum atomic E-state index is -1.33. The van der Waals surface area contributed by atoms with Crippen LogP contribution < -0.4 is 0 Å². The van der Waals surface area contributed by atoms with E-state index in [9.17, 15) is 10.2 Å². The molecule has 1 saturated carbocycles. The molecule has 5 heteroatoms. The maximum atomic E-state index is 9.59. The fourth-order valence-corrected chi connectivity index (χ4v) is 4.44. The van der Waals surface area contributed by atoms with Gasteiger partial charge in [-0.15, -0.1) is 0 Å². The number of hydrogen-bond donors (Lipinski definition) is 2. The van der Waals surface area contributed by atoms with Gasteiger partial charge in [0.15, 0.2) is 12.1 Å². The van der Waals surface area contributed by atoms with Gasteiger partial charge in [-0.1, -0.05) is 13.8 Å². The van der Waals surface area contributed by atoms with Crippen LogP contribution in [0.3, 0.4) is 0 Å². The summed E-state index contributed by atoms with van der Waals surface area (Å²) in [6.45, 7) is 6.54. The molecule has 4 aliphatic rings. The molecule has 4 rings (SSSR count). The molecule has 3 heterocycles. The van der Waals surface area contributed by atoms with Crippen LogP contribution in [0.2, 0.25) is 0 Å². The van der Waals surface area contributed by atoms with E-state index in [0.717, 1.165) is 25.7 Å². The third-order valence-electron chi connectivity index (χ3n) is 5.87. The lowest BCUT2D eigenvalue weighted by molar-refractivity contribution is -0.518. The van der Waals surface area contributed by atoms with Gasteiger partial charge in [0, 0.05) is 18.3 Å². The van der Waals surface area contributed by atoms with E-state index in [1.54, 1.807) is 0 Å². The first-order valence-corrected chi connectivity index (χ1v) is 7.75. The Kier molecular flexibility index (Phi) is 3.62. The Morgan fingerprint density at radius 1 is 1.15 bits per heavy atom. The van der Waals surface area contributed by atoms with Crippen LogP contribution in [0, 0.1) is 23.7 Å². The van der Waals surface area contributed by atoms with Crippen molar-refractivity contribution in [2.75, 3.05) is 6.61 Å². The zero-order chi connectivity index (χ0) is 14.5. The van der Waals surface area contributed by atoms with Gasteiger partial charge in [-0.2, -0.15) is 0 Å². The zero-order valence-electron chi connectivity index (χ0n) is 12.5. The Morgan fingerprint density at radius 2 is 1.90 bits per heavy atom. The SMILES string of the molecule is C[C@@H]1CC[C@@H]([C@@H](C)C(O)O)C23CO[C@](C)(CC[C@@H]12)OO3. The third kappa shape index (κ3) is 2.11. The first-order chi connectivity index (χ1) is 9.38. The fourth-order valence-electron chi connectivity index (χ4n) is 4.44. The molecule has 2 bridgehead atoms. The van der Waals surface area contributed by atoms with E-state index in [0.29, 0.717) is 18.4 Å². The van der Waals surface area contributed by atoms with Crippen molar-refractivity contribution >= 4 is 0 Å². The minimum absolute atomic E-state index is 0.0475. The molecule has 3 saturated heterocycles. The maximum absolute atomic E-state index is 9.59. The molecule has 0 aromatic rings. The number of aliphatic hydroxyl groups is 2. The first-order valence-electron chi connectivity index (χ1n) is 7.75. The smallest absolute Gasteiger partial charge is 0.198 e. The second-order valence-corrected chi connectivity index (χ2v) is 7.12. The van der Waals surface area contributed by atoms with Gasteiger partial charge in [0.2, 0.25) is 0 Å². The lowest BCUT2D eigenvalue weighted by Crippen LogP contribution is -2.61. The number of rotatable bonds is 2. The van der Waals surface area contributed by atoms with E-state index < -0.39 is 17.7 Å². The summed E-state index contributed by atoms with van der Waals surface area (Å²) in [6, 6.07) is 0. The van der Waals surface area contributed by atoms with E-state index in [-0.39, 0.29) is 11.8 Å². The Hall–Kier alpha value is -0.200. The first kappa shape index (κ1) is 14.7. The predicted octanol–water partition coefficient (Wildman–Crippen LogP) is 1.82. The molecule has 0 radical (unpaired) electrons. The Balaban J connectivity index is 1.95. The van der Waals surface area contributed by atoms with Crippen molar-refractivity contribution < 1.29 is 24.7 Å². The normalized spacial score (nSPS) is 49.8. The molecule has 1 spiro atoms. The molecule has 0 aromatic carbocycles. The number of hydrogen-bond acceptors (Lipinski definition) is 5. The van der Waals surface area contributed by atoms with Crippen LogP contribution >= 0.6 is 0 Å². The van der Waals surface area contributed by atoms with E-state index in [1.807, 2.05) is 13.8 Å². The Morgan fingerprint density at radius 3 is 2.50 bits per heavy atom. The highest BCUT2D eigenvalue weighted by atomic mass is 17.2. The molecule has 116 valence electrons. The largest absolute Gasteiger partial charge is 0.368 e. The second-order valence-electron chi connectivity index (χ2n) is 7.12. The van der Waals surface area contributed by atoms with Gasteiger partial charge in [0.05, 0.1) is 6.61 Å². The quantitative estimate of drug-likeness (QED) is 0.598.